The lowest BCUT2D eigenvalue weighted by atomic mass is 9.94. The highest BCUT2D eigenvalue weighted by atomic mass is 19.1. The molecule has 2 heterocycles. The number of anilines is 1. The number of aryl methyl sites for hydroxylation is 1. The highest BCUT2D eigenvalue weighted by molar-refractivity contribution is 6.09. The van der Waals surface area contributed by atoms with Crippen molar-refractivity contribution in [3.63, 3.8) is 0 Å². The van der Waals surface area contributed by atoms with Crippen LogP contribution in [0.3, 0.4) is 0 Å². The molecule has 174 valence electrons. The number of furan rings is 1. The number of para-hydroxylation sites is 1. The molecule has 0 spiro atoms. The lowest BCUT2D eigenvalue weighted by molar-refractivity contribution is 0.102. The summed E-state index contributed by atoms with van der Waals surface area (Å²) in [6, 6.07) is 21.6. The summed E-state index contributed by atoms with van der Waals surface area (Å²) in [5.41, 5.74) is 3.84. The third-order valence-electron chi connectivity index (χ3n) is 6.77. The van der Waals surface area contributed by atoms with Crippen LogP contribution in [-0.2, 0) is 0 Å². The maximum atomic E-state index is 14.3. The first-order chi connectivity index (χ1) is 16.5. The highest BCUT2D eigenvalue weighted by Gasteiger charge is 2.32. The molecular formula is C29H29FN2O2. The van der Waals surface area contributed by atoms with E-state index >= 15 is 0 Å². The second-order valence-electron chi connectivity index (χ2n) is 9.33. The van der Waals surface area contributed by atoms with E-state index in [2.05, 4.69) is 17.1 Å². The molecule has 4 nitrogen and oxygen atoms in total. The zero-order valence-electron chi connectivity index (χ0n) is 19.6. The molecule has 34 heavy (non-hydrogen) atoms. The summed E-state index contributed by atoms with van der Waals surface area (Å²) in [7, 11) is 0. The first-order valence-corrected chi connectivity index (χ1v) is 11.9. The average molecular weight is 457 g/mol. The Morgan fingerprint density at radius 1 is 1.03 bits per heavy atom. The molecule has 3 aromatic carbocycles. The molecule has 1 saturated heterocycles. The largest absolute Gasteiger partial charge is 0.457 e. The first kappa shape index (κ1) is 22.4. The van der Waals surface area contributed by atoms with E-state index in [9.17, 15) is 9.18 Å². The molecule has 1 aliphatic heterocycles. The Morgan fingerprint density at radius 3 is 2.50 bits per heavy atom. The Bertz CT molecular complexity index is 1300. The smallest absolute Gasteiger partial charge is 0.255 e. The fourth-order valence-corrected chi connectivity index (χ4v) is 4.77. The van der Waals surface area contributed by atoms with E-state index in [0.29, 0.717) is 28.5 Å². The van der Waals surface area contributed by atoms with E-state index in [4.69, 9.17) is 4.42 Å². The minimum absolute atomic E-state index is 0.196. The second kappa shape index (κ2) is 9.43. The van der Waals surface area contributed by atoms with Crippen molar-refractivity contribution in [1.29, 1.82) is 0 Å². The quantitative estimate of drug-likeness (QED) is 0.353. The summed E-state index contributed by atoms with van der Waals surface area (Å²) in [5, 5.41) is 3.97. The number of rotatable bonds is 5. The molecule has 5 heteroatoms. The van der Waals surface area contributed by atoms with Crippen LogP contribution in [0.25, 0.3) is 11.0 Å². The zero-order valence-corrected chi connectivity index (χ0v) is 19.6. The molecule has 0 bridgehead atoms. The number of hydrogen-bond donors (Lipinski definition) is 1. The van der Waals surface area contributed by atoms with Gasteiger partial charge in [-0.2, -0.15) is 0 Å². The van der Waals surface area contributed by atoms with Crippen LogP contribution in [0.4, 0.5) is 10.1 Å². The van der Waals surface area contributed by atoms with E-state index in [1.807, 2.05) is 61.5 Å². The molecule has 1 aliphatic rings. The van der Waals surface area contributed by atoms with Crippen LogP contribution >= 0.6 is 0 Å². The molecule has 1 N–H and O–H groups in total. The number of piperidine rings is 1. The van der Waals surface area contributed by atoms with Gasteiger partial charge < -0.3 is 9.73 Å². The topological polar surface area (TPSA) is 45.5 Å². The molecule has 1 atom stereocenters. The number of amides is 1. The summed E-state index contributed by atoms with van der Waals surface area (Å²) >= 11 is 0. The van der Waals surface area contributed by atoms with Gasteiger partial charge in [0.25, 0.3) is 5.91 Å². The maximum absolute atomic E-state index is 14.3. The van der Waals surface area contributed by atoms with Crippen LogP contribution < -0.4 is 5.32 Å². The van der Waals surface area contributed by atoms with Gasteiger partial charge in [-0.3, -0.25) is 9.69 Å². The van der Waals surface area contributed by atoms with Crippen molar-refractivity contribution in [2.24, 2.45) is 5.92 Å². The van der Waals surface area contributed by atoms with Gasteiger partial charge in [-0.25, -0.2) is 4.39 Å². The summed E-state index contributed by atoms with van der Waals surface area (Å²) < 4.78 is 20.7. The van der Waals surface area contributed by atoms with Gasteiger partial charge in [0.05, 0.1) is 11.7 Å². The number of likely N-dealkylation sites (tertiary alicyclic amines) is 1. The van der Waals surface area contributed by atoms with Crippen LogP contribution in [0.5, 0.6) is 0 Å². The van der Waals surface area contributed by atoms with Crippen molar-refractivity contribution in [2.75, 3.05) is 18.4 Å². The molecular weight excluding hydrogens is 427 g/mol. The van der Waals surface area contributed by atoms with E-state index in [1.54, 1.807) is 12.1 Å². The van der Waals surface area contributed by atoms with Gasteiger partial charge in [0.1, 0.15) is 17.2 Å². The summed E-state index contributed by atoms with van der Waals surface area (Å²) in [6.07, 6.45) is 2.13. The molecule has 0 aliphatic carbocycles. The zero-order chi connectivity index (χ0) is 23.7. The van der Waals surface area contributed by atoms with E-state index in [1.165, 1.54) is 6.07 Å². The number of fused-ring (bicyclic) bond motifs is 1. The molecule has 1 amide bonds. The van der Waals surface area contributed by atoms with Gasteiger partial charge in [0, 0.05) is 10.9 Å². The fraction of sp³-hybridized carbons (Fsp3) is 0.276. The number of carbonyl (C=O) groups is 1. The van der Waals surface area contributed by atoms with Crippen molar-refractivity contribution in [3.8, 4) is 0 Å². The summed E-state index contributed by atoms with van der Waals surface area (Å²) in [6.45, 7) is 6.02. The standard InChI is InChI=1S/C29H29FN2O2/c1-19-10-12-21(13-11-19)29(33)31-26-24-8-3-4-9-25(24)34-28(26)27(22-6-5-7-23(30)18-22)32-16-14-20(2)15-17-32/h3-13,18,20,27H,14-17H2,1-2H3,(H,31,33)/t27-/m1/s1. The van der Waals surface area contributed by atoms with Crippen LogP contribution in [-0.4, -0.2) is 23.9 Å². The Balaban J connectivity index is 1.62. The Kier molecular flexibility index (Phi) is 6.20. The first-order valence-electron chi connectivity index (χ1n) is 11.9. The molecule has 1 fully saturated rings. The van der Waals surface area contributed by atoms with Gasteiger partial charge >= 0.3 is 0 Å². The van der Waals surface area contributed by atoms with Gasteiger partial charge in [-0.1, -0.05) is 48.9 Å². The normalized spacial score (nSPS) is 16.0. The Labute approximate surface area is 199 Å². The number of nitrogens with one attached hydrogen (secondary N) is 1. The van der Waals surface area contributed by atoms with Crippen molar-refractivity contribution in [3.05, 3.63) is 101 Å². The number of carbonyl (C=O) groups excluding carboxylic acids is 1. The van der Waals surface area contributed by atoms with E-state index in [-0.39, 0.29) is 17.8 Å². The number of hydrogen-bond acceptors (Lipinski definition) is 3. The third kappa shape index (κ3) is 4.48. The molecule has 5 rings (SSSR count). The van der Waals surface area contributed by atoms with Crippen molar-refractivity contribution in [1.82, 2.24) is 4.90 Å². The van der Waals surface area contributed by atoms with Crippen LogP contribution in [0.15, 0.2) is 77.2 Å². The van der Waals surface area contributed by atoms with Crippen LogP contribution in [0.1, 0.15) is 53.1 Å². The molecule has 4 aromatic rings. The van der Waals surface area contributed by atoms with Crippen molar-refractivity contribution < 1.29 is 13.6 Å². The monoisotopic (exact) mass is 456 g/mol. The van der Waals surface area contributed by atoms with Crippen molar-refractivity contribution in [2.45, 2.75) is 32.7 Å². The van der Waals surface area contributed by atoms with Crippen LogP contribution in [0.2, 0.25) is 0 Å². The minimum Gasteiger partial charge on any atom is -0.457 e. The van der Waals surface area contributed by atoms with Gasteiger partial charge in [0.15, 0.2) is 0 Å². The van der Waals surface area contributed by atoms with Gasteiger partial charge in [-0.05, 0) is 80.7 Å². The average Bonchev–Trinajstić information content (AvgIpc) is 3.19. The van der Waals surface area contributed by atoms with Crippen LogP contribution in [0, 0.1) is 18.7 Å². The summed E-state index contributed by atoms with van der Waals surface area (Å²) in [4.78, 5) is 15.6. The number of benzene rings is 3. The van der Waals surface area contributed by atoms with Gasteiger partial charge in [-0.15, -0.1) is 0 Å². The van der Waals surface area contributed by atoms with E-state index in [0.717, 1.165) is 42.4 Å². The Hall–Kier alpha value is -3.44. The summed E-state index contributed by atoms with van der Waals surface area (Å²) in [5.74, 6) is 0.815. The Morgan fingerprint density at radius 2 is 1.76 bits per heavy atom. The lowest BCUT2D eigenvalue weighted by Crippen LogP contribution is -2.37. The predicted molar refractivity (Wildman–Crippen MR) is 134 cm³/mol. The molecule has 0 unspecified atom stereocenters. The van der Waals surface area contributed by atoms with E-state index < -0.39 is 0 Å². The SMILES string of the molecule is Cc1ccc(C(=O)Nc2c([C@@H](c3cccc(F)c3)N3CCC(C)CC3)oc3ccccc23)cc1. The number of nitrogens with zero attached hydrogens (tertiary/aromatic N) is 1. The molecule has 1 aromatic heterocycles. The highest BCUT2D eigenvalue weighted by Crippen LogP contribution is 2.41. The molecule has 0 saturated carbocycles. The predicted octanol–water partition coefficient (Wildman–Crippen LogP) is 6.95. The molecule has 0 radical (unpaired) electrons. The third-order valence-corrected chi connectivity index (χ3v) is 6.77. The lowest BCUT2D eigenvalue weighted by Gasteiger charge is -2.36. The maximum Gasteiger partial charge on any atom is 0.255 e. The van der Waals surface area contributed by atoms with Crippen molar-refractivity contribution >= 4 is 22.6 Å². The minimum atomic E-state index is -0.302. The van der Waals surface area contributed by atoms with Gasteiger partial charge in [0.2, 0.25) is 0 Å². The number of halogens is 1. The second-order valence-corrected chi connectivity index (χ2v) is 9.33. The fourth-order valence-electron chi connectivity index (χ4n) is 4.77.